The molecule has 6 heteroatoms. The topological polar surface area (TPSA) is 78.4 Å². The minimum atomic E-state index is -1.08. The van der Waals surface area contributed by atoms with Gasteiger partial charge in [0.15, 0.2) is 6.04 Å². The molecule has 3 N–H and O–H groups in total. The monoisotopic (exact) mass is 282 g/mol. The summed E-state index contributed by atoms with van der Waals surface area (Å²) in [5, 5.41) is 14.2. The van der Waals surface area contributed by atoms with Crippen LogP contribution in [0.15, 0.2) is 30.3 Å². The Hall–Kier alpha value is -1.69. The fraction of sp³-hybridized carbons (Fsp3) is 0.385. The Morgan fingerprint density at radius 2 is 2.00 bits per heavy atom. The maximum atomic E-state index is 11.6. The van der Waals surface area contributed by atoms with E-state index in [1.54, 1.807) is 42.1 Å². The van der Waals surface area contributed by atoms with Crippen molar-refractivity contribution in [3.63, 3.8) is 0 Å². The zero-order valence-corrected chi connectivity index (χ0v) is 11.6. The van der Waals surface area contributed by atoms with Crippen LogP contribution in [0.5, 0.6) is 0 Å². The van der Waals surface area contributed by atoms with E-state index in [1.165, 1.54) is 0 Å². The highest BCUT2D eigenvalue weighted by molar-refractivity contribution is 7.98. The predicted octanol–water partition coefficient (Wildman–Crippen LogP) is 1.86. The molecule has 0 radical (unpaired) electrons. The van der Waals surface area contributed by atoms with Crippen molar-refractivity contribution >= 4 is 23.8 Å². The van der Waals surface area contributed by atoms with E-state index >= 15 is 0 Å². The van der Waals surface area contributed by atoms with Crippen molar-refractivity contribution in [1.82, 2.24) is 10.6 Å². The van der Waals surface area contributed by atoms with Gasteiger partial charge in [0.1, 0.15) is 0 Å². The number of urea groups is 1. The van der Waals surface area contributed by atoms with Crippen LogP contribution < -0.4 is 10.6 Å². The Labute approximate surface area is 116 Å². The molecule has 5 nitrogen and oxygen atoms in total. The van der Waals surface area contributed by atoms with E-state index in [0.717, 1.165) is 12.2 Å². The van der Waals surface area contributed by atoms with Gasteiger partial charge in [0.25, 0.3) is 0 Å². The summed E-state index contributed by atoms with van der Waals surface area (Å²) in [5.74, 6) is -0.119. The number of nitrogens with one attached hydrogen (secondary N) is 2. The predicted molar refractivity (Wildman–Crippen MR) is 76.4 cm³/mol. The van der Waals surface area contributed by atoms with Crippen LogP contribution in [0.25, 0.3) is 0 Å². The van der Waals surface area contributed by atoms with E-state index in [4.69, 9.17) is 5.11 Å². The first-order valence-electron chi connectivity index (χ1n) is 5.96. The molecule has 0 aromatic heterocycles. The average Bonchev–Trinajstić information content (AvgIpc) is 2.41. The highest BCUT2D eigenvalue weighted by Crippen LogP contribution is 2.12. The normalized spacial score (nSPS) is 11.6. The van der Waals surface area contributed by atoms with Gasteiger partial charge in [-0.15, -0.1) is 0 Å². The van der Waals surface area contributed by atoms with Gasteiger partial charge in [-0.1, -0.05) is 30.3 Å². The van der Waals surface area contributed by atoms with Crippen molar-refractivity contribution in [2.45, 2.75) is 12.5 Å². The minimum absolute atomic E-state index is 0.461. The zero-order chi connectivity index (χ0) is 14.1. The minimum Gasteiger partial charge on any atom is -0.479 e. The van der Waals surface area contributed by atoms with Gasteiger partial charge in [0, 0.05) is 6.54 Å². The maximum absolute atomic E-state index is 11.6. The Bertz CT molecular complexity index is 412. The van der Waals surface area contributed by atoms with Gasteiger partial charge >= 0.3 is 12.0 Å². The molecule has 0 spiro atoms. The van der Waals surface area contributed by atoms with E-state index in [0.29, 0.717) is 12.1 Å². The van der Waals surface area contributed by atoms with Gasteiger partial charge in [-0.3, -0.25) is 0 Å². The van der Waals surface area contributed by atoms with E-state index < -0.39 is 18.0 Å². The third-order valence-corrected chi connectivity index (χ3v) is 3.16. The molecule has 2 amide bonds. The van der Waals surface area contributed by atoms with Gasteiger partial charge in [-0.25, -0.2) is 9.59 Å². The molecule has 0 aliphatic rings. The van der Waals surface area contributed by atoms with Crippen LogP contribution in [0.2, 0.25) is 0 Å². The molecule has 19 heavy (non-hydrogen) atoms. The highest BCUT2D eigenvalue weighted by Gasteiger charge is 2.21. The van der Waals surface area contributed by atoms with Crippen molar-refractivity contribution in [2.75, 3.05) is 18.6 Å². The summed E-state index contributed by atoms with van der Waals surface area (Å²) in [6.45, 7) is 0.536. The van der Waals surface area contributed by atoms with Gasteiger partial charge in [0.05, 0.1) is 0 Å². The third kappa shape index (κ3) is 5.65. The zero-order valence-electron chi connectivity index (χ0n) is 10.8. The van der Waals surface area contributed by atoms with Crippen LogP contribution in [0.4, 0.5) is 4.79 Å². The van der Waals surface area contributed by atoms with E-state index in [-0.39, 0.29) is 0 Å². The number of carboxylic acids is 1. The fourth-order valence-electron chi connectivity index (χ4n) is 1.53. The lowest BCUT2D eigenvalue weighted by atomic mass is 10.1. The van der Waals surface area contributed by atoms with Crippen molar-refractivity contribution in [1.29, 1.82) is 0 Å². The fourth-order valence-corrected chi connectivity index (χ4v) is 1.97. The lowest BCUT2D eigenvalue weighted by Crippen LogP contribution is -2.41. The van der Waals surface area contributed by atoms with Crippen LogP contribution in [0.3, 0.4) is 0 Å². The van der Waals surface area contributed by atoms with Crippen LogP contribution >= 0.6 is 11.8 Å². The quantitative estimate of drug-likeness (QED) is 0.667. The molecular formula is C13H18N2O3S. The number of rotatable bonds is 7. The van der Waals surface area contributed by atoms with Crippen LogP contribution in [-0.4, -0.2) is 35.7 Å². The second kappa shape index (κ2) is 8.42. The summed E-state index contributed by atoms with van der Waals surface area (Å²) in [6, 6.07) is 7.14. The van der Waals surface area contributed by atoms with Crippen LogP contribution in [0.1, 0.15) is 18.0 Å². The number of carboxylic acid groups (broad SMARTS) is 1. The molecule has 1 rings (SSSR count). The van der Waals surface area contributed by atoms with Crippen LogP contribution in [-0.2, 0) is 4.79 Å². The molecule has 0 aliphatic carbocycles. The summed E-state index contributed by atoms with van der Waals surface area (Å²) >= 11 is 1.70. The number of carbonyl (C=O) groups is 2. The summed E-state index contributed by atoms with van der Waals surface area (Å²) in [7, 11) is 0. The average molecular weight is 282 g/mol. The van der Waals surface area contributed by atoms with E-state index in [1.807, 2.05) is 6.26 Å². The van der Waals surface area contributed by atoms with E-state index in [9.17, 15) is 9.59 Å². The standard InChI is InChI=1S/C13H18N2O3S/c1-19-9-5-8-14-13(18)15-11(12(16)17)10-6-3-2-4-7-10/h2-4,6-7,11H,5,8-9H2,1H3,(H,16,17)(H2,14,15,18)/t11-/m1/s1. The number of amides is 2. The second-order valence-corrected chi connectivity index (χ2v) is 4.91. The highest BCUT2D eigenvalue weighted by atomic mass is 32.2. The Balaban J connectivity index is 2.51. The van der Waals surface area contributed by atoms with Gasteiger partial charge in [-0.05, 0) is 24.0 Å². The maximum Gasteiger partial charge on any atom is 0.330 e. The molecule has 0 heterocycles. The number of aliphatic carboxylic acids is 1. The molecule has 0 bridgehead atoms. The molecule has 0 aliphatic heterocycles. The first kappa shape index (κ1) is 15.4. The summed E-state index contributed by atoms with van der Waals surface area (Å²) < 4.78 is 0. The molecule has 1 aromatic rings. The molecule has 0 saturated carbocycles. The number of hydrogen-bond acceptors (Lipinski definition) is 3. The van der Waals surface area contributed by atoms with Gasteiger partial charge in [-0.2, -0.15) is 11.8 Å². The van der Waals surface area contributed by atoms with Crippen molar-refractivity contribution in [3.05, 3.63) is 35.9 Å². The lowest BCUT2D eigenvalue weighted by molar-refractivity contribution is -0.139. The lowest BCUT2D eigenvalue weighted by Gasteiger charge is -2.15. The molecule has 0 fully saturated rings. The Morgan fingerprint density at radius 3 is 2.58 bits per heavy atom. The Kier molecular flexibility index (Phi) is 6.81. The molecule has 1 atom stereocenters. The van der Waals surface area contributed by atoms with Crippen molar-refractivity contribution in [3.8, 4) is 0 Å². The summed E-state index contributed by atoms with van der Waals surface area (Å²) in [6.07, 6.45) is 2.85. The molecule has 1 aromatic carbocycles. The molecule has 0 unspecified atom stereocenters. The van der Waals surface area contributed by atoms with Crippen LogP contribution in [0, 0.1) is 0 Å². The smallest absolute Gasteiger partial charge is 0.330 e. The molecule has 104 valence electrons. The molecule has 0 saturated heterocycles. The Morgan fingerprint density at radius 1 is 1.32 bits per heavy atom. The second-order valence-electron chi connectivity index (χ2n) is 3.93. The largest absolute Gasteiger partial charge is 0.479 e. The van der Waals surface area contributed by atoms with Crippen molar-refractivity contribution in [2.24, 2.45) is 0 Å². The number of thioether (sulfide) groups is 1. The number of hydrogen-bond donors (Lipinski definition) is 3. The SMILES string of the molecule is CSCCCNC(=O)N[C@@H](C(=O)O)c1ccccc1. The molecular weight excluding hydrogens is 264 g/mol. The van der Waals surface area contributed by atoms with E-state index in [2.05, 4.69) is 10.6 Å². The number of benzene rings is 1. The summed E-state index contributed by atoms with van der Waals surface area (Å²) in [4.78, 5) is 22.8. The third-order valence-electron chi connectivity index (χ3n) is 2.47. The number of carbonyl (C=O) groups excluding carboxylic acids is 1. The van der Waals surface area contributed by atoms with Crippen molar-refractivity contribution < 1.29 is 14.7 Å². The summed E-state index contributed by atoms with van der Waals surface area (Å²) in [5.41, 5.74) is 0.550. The first-order valence-corrected chi connectivity index (χ1v) is 7.35. The van der Waals surface area contributed by atoms with Gasteiger partial charge in [0.2, 0.25) is 0 Å². The van der Waals surface area contributed by atoms with Gasteiger partial charge < -0.3 is 15.7 Å². The first-order chi connectivity index (χ1) is 9.15.